The fourth-order valence-corrected chi connectivity index (χ4v) is 2.24. The van der Waals surface area contributed by atoms with Crippen molar-refractivity contribution in [2.24, 2.45) is 5.41 Å². The zero-order valence-corrected chi connectivity index (χ0v) is 17.4. The van der Waals surface area contributed by atoms with E-state index in [0.717, 1.165) is 19.3 Å². The Labute approximate surface area is 150 Å². The van der Waals surface area contributed by atoms with Gasteiger partial charge in [0.05, 0.1) is 10.9 Å². The van der Waals surface area contributed by atoms with E-state index >= 15 is 0 Å². The van der Waals surface area contributed by atoms with Crippen LogP contribution in [0.3, 0.4) is 0 Å². The number of alkyl halides is 1. The lowest BCUT2D eigenvalue weighted by Gasteiger charge is -2.34. The molecule has 0 fully saturated rings. The van der Waals surface area contributed by atoms with Gasteiger partial charge in [-0.1, -0.05) is 50.5 Å². The number of nitrogens with one attached hydrogen (secondary N) is 1. The summed E-state index contributed by atoms with van der Waals surface area (Å²) in [6, 6.07) is 0. The topological polar surface area (TPSA) is 55.4 Å². The highest BCUT2D eigenvalue weighted by atomic mass is 79.9. The molecular formula is C18H34BrNO3. The van der Waals surface area contributed by atoms with Gasteiger partial charge in [-0.15, -0.1) is 0 Å². The molecule has 0 rings (SSSR count). The average molecular weight is 392 g/mol. The number of ketones is 1. The number of hydrogen-bond donors (Lipinski definition) is 1. The van der Waals surface area contributed by atoms with Crippen LogP contribution < -0.4 is 5.32 Å². The molecular weight excluding hydrogens is 358 g/mol. The normalized spacial score (nSPS) is 17.2. The molecule has 4 nitrogen and oxygen atoms in total. The van der Waals surface area contributed by atoms with Gasteiger partial charge in [0.15, 0.2) is 0 Å². The molecule has 0 aromatic heterocycles. The first-order chi connectivity index (χ1) is 10.4. The second-order valence-corrected chi connectivity index (χ2v) is 8.41. The number of hydrogen-bond acceptors (Lipinski definition) is 3. The predicted octanol–water partition coefficient (Wildman–Crippen LogP) is 4.25. The van der Waals surface area contributed by atoms with Crippen molar-refractivity contribution >= 4 is 27.6 Å². The SMILES string of the molecule is CCC(C)(CCOC(C)(CC)CC(=O)C(C)(C)C)NC(=O)CBr. The van der Waals surface area contributed by atoms with Gasteiger partial charge in [0.1, 0.15) is 5.78 Å². The molecule has 1 N–H and O–H groups in total. The molecule has 0 aromatic rings. The summed E-state index contributed by atoms with van der Waals surface area (Å²) in [5.74, 6) is 0.197. The van der Waals surface area contributed by atoms with Crippen molar-refractivity contribution < 1.29 is 14.3 Å². The van der Waals surface area contributed by atoms with Crippen LogP contribution in [0.4, 0.5) is 0 Å². The maximum atomic E-state index is 12.3. The Morgan fingerprint density at radius 3 is 2.00 bits per heavy atom. The average Bonchev–Trinajstić information content (AvgIpc) is 2.45. The van der Waals surface area contributed by atoms with Crippen LogP contribution in [-0.2, 0) is 14.3 Å². The van der Waals surface area contributed by atoms with E-state index in [1.54, 1.807) is 0 Å². The lowest BCUT2D eigenvalue weighted by Crippen LogP contribution is -2.47. The Balaban J connectivity index is 4.65. The van der Waals surface area contributed by atoms with Crippen molar-refractivity contribution in [3.05, 3.63) is 0 Å². The molecule has 5 heteroatoms. The molecule has 0 spiro atoms. The minimum absolute atomic E-state index is 0.0180. The van der Waals surface area contributed by atoms with Gasteiger partial charge in [-0.25, -0.2) is 0 Å². The van der Waals surface area contributed by atoms with Crippen molar-refractivity contribution in [3.63, 3.8) is 0 Å². The zero-order chi connectivity index (χ0) is 18.3. The van der Waals surface area contributed by atoms with Crippen LogP contribution in [0.5, 0.6) is 0 Å². The van der Waals surface area contributed by atoms with E-state index in [-0.39, 0.29) is 22.6 Å². The third kappa shape index (κ3) is 8.30. The van der Waals surface area contributed by atoms with E-state index in [1.807, 2.05) is 41.5 Å². The number of halogens is 1. The molecule has 0 aromatic carbocycles. The number of carbonyl (C=O) groups is 2. The van der Waals surface area contributed by atoms with Gasteiger partial charge in [-0.05, 0) is 33.1 Å². The van der Waals surface area contributed by atoms with Crippen molar-refractivity contribution in [2.75, 3.05) is 11.9 Å². The summed E-state index contributed by atoms with van der Waals surface area (Å²) >= 11 is 3.17. The lowest BCUT2D eigenvalue weighted by molar-refractivity contribution is -0.134. The van der Waals surface area contributed by atoms with Crippen molar-refractivity contribution in [1.29, 1.82) is 0 Å². The van der Waals surface area contributed by atoms with E-state index < -0.39 is 5.60 Å². The number of amides is 1. The summed E-state index contributed by atoms with van der Waals surface area (Å²) in [6.45, 7) is 14.5. The van der Waals surface area contributed by atoms with Crippen LogP contribution in [0.2, 0.25) is 0 Å². The molecule has 2 atom stereocenters. The summed E-state index contributed by atoms with van der Waals surface area (Å²) in [6.07, 6.45) is 2.76. The molecule has 0 radical (unpaired) electrons. The third-order valence-corrected chi connectivity index (χ3v) is 5.08. The molecule has 2 unspecified atom stereocenters. The zero-order valence-electron chi connectivity index (χ0n) is 15.8. The minimum atomic E-state index is -0.446. The highest BCUT2D eigenvalue weighted by Gasteiger charge is 2.33. The molecule has 0 aliphatic carbocycles. The van der Waals surface area contributed by atoms with E-state index in [1.165, 1.54) is 0 Å². The maximum Gasteiger partial charge on any atom is 0.231 e. The lowest BCUT2D eigenvalue weighted by atomic mass is 9.83. The first-order valence-corrected chi connectivity index (χ1v) is 9.58. The Morgan fingerprint density at radius 2 is 1.61 bits per heavy atom. The molecule has 0 bridgehead atoms. The predicted molar refractivity (Wildman–Crippen MR) is 99.0 cm³/mol. The monoisotopic (exact) mass is 391 g/mol. The molecule has 0 aliphatic heterocycles. The van der Waals surface area contributed by atoms with Crippen LogP contribution >= 0.6 is 15.9 Å². The second kappa shape index (κ2) is 9.16. The smallest absolute Gasteiger partial charge is 0.231 e. The van der Waals surface area contributed by atoms with Crippen molar-refractivity contribution in [3.8, 4) is 0 Å². The van der Waals surface area contributed by atoms with Crippen LogP contribution in [0.1, 0.15) is 74.1 Å². The molecule has 0 heterocycles. The number of carbonyl (C=O) groups excluding carboxylic acids is 2. The van der Waals surface area contributed by atoms with E-state index in [9.17, 15) is 9.59 Å². The number of rotatable bonds is 10. The van der Waals surface area contributed by atoms with E-state index in [2.05, 4.69) is 28.2 Å². The van der Waals surface area contributed by atoms with Gasteiger partial charge in [-0.2, -0.15) is 0 Å². The van der Waals surface area contributed by atoms with Crippen molar-refractivity contribution in [1.82, 2.24) is 5.32 Å². The highest BCUT2D eigenvalue weighted by Crippen LogP contribution is 2.28. The van der Waals surface area contributed by atoms with E-state index in [0.29, 0.717) is 18.4 Å². The molecule has 0 saturated heterocycles. The maximum absolute atomic E-state index is 12.3. The first kappa shape index (κ1) is 22.6. The highest BCUT2D eigenvalue weighted by molar-refractivity contribution is 9.09. The summed E-state index contributed by atoms with van der Waals surface area (Å²) in [5.41, 5.74) is -1.08. The standard InChI is InChI=1S/C18H34BrNO3/c1-8-17(6,20-15(22)13-19)10-11-23-18(7,9-2)12-14(21)16(3,4)5/h8-13H2,1-7H3,(H,20,22). The van der Waals surface area contributed by atoms with Gasteiger partial charge in [0, 0.05) is 24.0 Å². The van der Waals surface area contributed by atoms with Crippen LogP contribution in [0, 0.1) is 5.41 Å². The number of ether oxygens (including phenoxy) is 1. The van der Waals surface area contributed by atoms with Gasteiger partial charge >= 0.3 is 0 Å². The summed E-state index contributed by atoms with van der Waals surface area (Å²) in [4.78, 5) is 23.9. The molecule has 23 heavy (non-hydrogen) atoms. The Hall–Kier alpha value is -0.420. The Bertz CT molecular complexity index is 406. The molecule has 136 valence electrons. The van der Waals surface area contributed by atoms with Gasteiger partial charge in [0.2, 0.25) is 5.91 Å². The van der Waals surface area contributed by atoms with Crippen LogP contribution in [0.25, 0.3) is 0 Å². The van der Waals surface area contributed by atoms with Gasteiger partial charge in [-0.3, -0.25) is 9.59 Å². The van der Waals surface area contributed by atoms with Gasteiger partial charge < -0.3 is 10.1 Å². The third-order valence-electron chi connectivity index (χ3n) is 4.57. The Kier molecular flexibility index (Phi) is 9.00. The van der Waals surface area contributed by atoms with Crippen LogP contribution in [0.15, 0.2) is 0 Å². The fourth-order valence-electron chi connectivity index (χ4n) is 2.10. The van der Waals surface area contributed by atoms with E-state index in [4.69, 9.17) is 4.74 Å². The summed E-state index contributed by atoms with van der Waals surface area (Å²) in [5, 5.41) is 3.33. The fraction of sp³-hybridized carbons (Fsp3) is 0.889. The van der Waals surface area contributed by atoms with Gasteiger partial charge in [0.25, 0.3) is 0 Å². The molecule has 1 amide bonds. The summed E-state index contributed by atoms with van der Waals surface area (Å²) in [7, 11) is 0. The largest absolute Gasteiger partial charge is 0.375 e. The number of Topliss-reactive ketones (excluding diaryl/α,β-unsaturated/α-hetero) is 1. The second-order valence-electron chi connectivity index (χ2n) is 7.85. The first-order valence-electron chi connectivity index (χ1n) is 8.45. The van der Waals surface area contributed by atoms with Crippen molar-refractivity contribution in [2.45, 2.75) is 85.3 Å². The Morgan fingerprint density at radius 1 is 1.04 bits per heavy atom. The molecule has 0 aliphatic rings. The summed E-state index contributed by atoms with van der Waals surface area (Å²) < 4.78 is 6.07. The minimum Gasteiger partial charge on any atom is -0.375 e. The molecule has 0 saturated carbocycles. The quantitative estimate of drug-likeness (QED) is 0.566. The van der Waals surface area contributed by atoms with Crippen LogP contribution in [-0.4, -0.2) is 34.8 Å².